The highest BCUT2D eigenvalue weighted by atomic mass is 79.9. The summed E-state index contributed by atoms with van der Waals surface area (Å²) < 4.78 is 20.4. The van der Waals surface area contributed by atoms with Gasteiger partial charge in [0.2, 0.25) is 0 Å². The molecule has 1 unspecified atom stereocenters. The maximum atomic E-state index is 13.8. The lowest BCUT2D eigenvalue weighted by Gasteiger charge is -2.20. The zero-order chi connectivity index (χ0) is 15.4. The van der Waals surface area contributed by atoms with Gasteiger partial charge in [0.15, 0.2) is 0 Å². The third-order valence-corrected chi connectivity index (χ3v) is 4.46. The Morgan fingerprint density at radius 1 is 1.10 bits per heavy atom. The van der Waals surface area contributed by atoms with Crippen molar-refractivity contribution in [2.24, 2.45) is 0 Å². The van der Waals surface area contributed by atoms with E-state index in [1.165, 1.54) is 0 Å². The summed E-state index contributed by atoms with van der Waals surface area (Å²) in [5, 5.41) is 3.38. The fourth-order valence-corrected chi connectivity index (χ4v) is 2.99. The quantitative estimate of drug-likeness (QED) is 0.735. The number of halogens is 3. The minimum Gasteiger partial charge on any atom is -0.496 e. The van der Waals surface area contributed by atoms with Crippen LogP contribution in [0.1, 0.15) is 24.1 Å². The van der Waals surface area contributed by atoms with Gasteiger partial charge in [-0.05, 0) is 73.8 Å². The molecule has 1 N–H and O–H groups in total. The first-order valence-electron chi connectivity index (χ1n) is 6.58. The van der Waals surface area contributed by atoms with Crippen LogP contribution < -0.4 is 10.1 Å². The third kappa shape index (κ3) is 3.84. The van der Waals surface area contributed by atoms with E-state index < -0.39 is 0 Å². The van der Waals surface area contributed by atoms with Gasteiger partial charge in [-0.15, -0.1) is 0 Å². The van der Waals surface area contributed by atoms with E-state index in [-0.39, 0.29) is 11.9 Å². The third-order valence-electron chi connectivity index (χ3n) is 3.19. The van der Waals surface area contributed by atoms with Crippen LogP contribution in [0, 0.1) is 5.82 Å². The first kappa shape index (κ1) is 16.5. The number of benzene rings is 2. The lowest BCUT2D eigenvalue weighted by molar-refractivity contribution is 0.411. The van der Waals surface area contributed by atoms with Crippen molar-refractivity contribution in [2.45, 2.75) is 13.0 Å². The van der Waals surface area contributed by atoms with Crippen LogP contribution in [0.2, 0.25) is 0 Å². The predicted octanol–water partition coefficient (Wildman–Crippen LogP) is 5.06. The number of rotatable bonds is 5. The van der Waals surface area contributed by atoms with Crippen LogP contribution in [0.5, 0.6) is 5.75 Å². The van der Waals surface area contributed by atoms with Crippen LogP contribution in [-0.2, 0) is 0 Å². The van der Waals surface area contributed by atoms with Crippen molar-refractivity contribution in [1.29, 1.82) is 0 Å². The van der Waals surface area contributed by atoms with Crippen molar-refractivity contribution in [2.75, 3.05) is 13.7 Å². The molecule has 2 nitrogen and oxygen atoms in total. The summed E-state index contributed by atoms with van der Waals surface area (Å²) in [6.07, 6.45) is 0. The van der Waals surface area contributed by atoms with Gasteiger partial charge >= 0.3 is 0 Å². The predicted molar refractivity (Wildman–Crippen MR) is 90.3 cm³/mol. The molecular formula is C16H16Br2FNO. The molecule has 2 aromatic rings. The molecule has 0 heterocycles. The van der Waals surface area contributed by atoms with Crippen LogP contribution in [-0.4, -0.2) is 13.7 Å². The highest BCUT2D eigenvalue weighted by Gasteiger charge is 2.16. The van der Waals surface area contributed by atoms with E-state index in [4.69, 9.17) is 4.74 Å². The largest absolute Gasteiger partial charge is 0.496 e. The molecule has 0 saturated heterocycles. The number of hydrogen-bond donors (Lipinski definition) is 1. The second-order valence-corrected chi connectivity index (χ2v) is 6.27. The van der Waals surface area contributed by atoms with Crippen molar-refractivity contribution in [3.05, 3.63) is 62.3 Å². The van der Waals surface area contributed by atoms with E-state index in [0.29, 0.717) is 4.47 Å². The highest BCUT2D eigenvalue weighted by molar-refractivity contribution is 9.10. The lowest BCUT2D eigenvalue weighted by atomic mass is 9.98. The molecule has 0 aromatic heterocycles. The molecule has 5 heteroatoms. The Morgan fingerprint density at radius 3 is 2.33 bits per heavy atom. The Balaban J connectivity index is 2.42. The van der Waals surface area contributed by atoms with E-state index in [1.807, 2.05) is 31.2 Å². The monoisotopic (exact) mass is 415 g/mol. The molecule has 0 aliphatic heterocycles. The van der Waals surface area contributed by atoms with Crippen LogP contribution >= 0.6 is 31.9 Å². The Hall–Kier alpha value is -0.910. The van der Waals surface area contributed by atoms with Gasteiger partial charge in [-0.2, -0.15) is 0 Å². The number of ether oxygens (including phenoxy) is 1. The summed E-state index contributed by atoms with van der Waals surface area (Å²) in [7, 11) is 1.63. The molecule has 0 radical (unpaired) electrons. The maximum absolute atomic E-state index is 13.8. The Labute approximate surface area is 141 Å². The number of hydrogen-bond acceptors (Lipinski definition) is 2. The fourth-order valence-electron chi connectivity index (χ4n) is 2.19. The van der Waals surface area contributed by atoms with Crippen LogP contribution in [0.15, 0.2) is 45.3 Å². The SMILES string of the molecule is CCNC(c1ccc(Br)c(F)c1)c1ccc(OC)c(Br)c1. The Bertz CT molecular complexity index is 634. The molecule has 0 aliphatic carbocycles. The zero-order valence-corrected chi connectivity index (χ0v) is 15.0. The molecule has 0 aliphatic rings. The van der Waals surface area contributed by atoms with Crippen molar-refractivity contribution >= 4 is 31.9 Å². The molecule has 0 saturated carbocycles. The Morgan fingerprint density at radius 2 is 1.76 bits per heavy atom. The molecule has 0 fully saturated rings. The molecule has 2 aromatic carbocycles. The van der Waals surface area contributed by atoms with Gasteiger partial charge in [-0.1, -0.05) is 19.1 Å². The summed E-state index contributed by atoms with van der Waals surface area (Å²) in [4.78, 5) is 0. The normalized spacial score (nSPS) is 12.2. The van der Waals surface area contributed by atoms with E-state index in [1.54, 1.807) is 19.2 Å². The first-order valence-corrected chi connectivity index (χ1v) is 8.17. The first-order chi connectivity index (χ1) is 10.1. The van der Waals surface area contributed by atoms with E-state index in [2.05, 4.69) is 37.2 Å². The smallest absolute Gasteiger partial charge is 0.137 e. The molecule has 0 amide bonds. The van der Waals surface area contributed by atoms with Crippen molar-refractivity contribution in [3.63, 3.8) is 0 Å². The van der Waals surface area contributed by atoms with Gasteiger partial charge in [0.25, 0.3) is 0 Å². The molecular weight excluding hydrogens is 401 g/mol. The van der Waals surface area contributed by atoms with Crippen molar-refractivity contribution < 1.29 is 9.13 Å². The van der Waals surface area contributed by atoms with E-state index in [9.17, 15) is 4.39 Å². The van der Waals surface area contributed by atoms with Gasteiger partial charge in [-0.25, -0.2) is 4.39 Å². The molecule has 2 rings (SSSR count). The molecule has 0 bridgehead atoms. The average molecular weight is 417 g/mol. The number of methoxy groups -OCH3 is 1. The second-order valence-electron chi connectivity index (χ2n) is 4.56. The van der Waals surface area contributed by atoms with Crippen LogP contribution in [0.4, 0.5) is 4.39 Å². The second kappa shape index (κ2) is 7.38. The van der Waals surface area contributed by atoms with E-state index in [0.717, 1.165) is 27.9 Å². The standard InChI is InChI=1S/C16H16Br2FNO/c1-3-20-16(11-4-6-12(17)14(19)9-11)10-5-7-15(21-2)13(18)8-10/h4-9,16,20H,3H2,1-2H3. The Kier molecular flexibility index (Phi) is 5.79. The minimum absolute atomic E-state index is 0.0696. The number of nitrogens with one attached hydrogen (secondary N) is 1. The van der Waals surface area contributed by atoms with Gasteiger partial charge in [0.05, 0.1) is 22.1 Å². The summed E-state index contributed by atoms with van der Waals surface area (Å²) in [6, 6.07) is 11.0. The lowest BCUT2D eigenvalue weighted by Crippen LogP contribution is -2.22. The minimum atomic E-state index is -0.261. The van der Waals surface area contributed by atoms with Crippen LogP contribution in [0.3, 0.4) is 0 Å². The molecule has 112 valence electrons. The fraction of sp³-hybridized carbons (Fsp3) is 0.250. The van der Waals surface area contributed by atoms with Crippen LogP contribution in [0.25, 0.3) is 0 Å². The summed E-state index contributed by atoms with van der Waals surface area (Å²) in [6.45, 7) is 2.81. The average Bonchev–Trinajstić information content (AvgIpc) is 2.48. The van der Waals surface area contributed by atoms with Gasteiger partial charge < -0.3 is 10.1 Å². The van der Waals surface area contributed by atoms with Crippen molar-refractivity contribution in [3.8, 4) is 5.75 Å². The van der Waals surface area contributed by atoms with Gasteiger partial charge in [0, 0.05) is 0 Å². The van der Waals surface area contributed by atoms with E-state index >= 15 is 0 Å². The van der Waals surface area contributed by atoms with Crippen molar-refractivity contribution in [1.82, 2.24) is 5.32 Å². The molecule has 21 heavy (non-hydrogen) atoms. The highest BCUT2D eigenvalue weighted by Crippen LogP contribution is 2.31. The zero-order valence-electron chi connectivity index (χ0n) is 11.8. The molecule has 0 spiro atoms. The maximum Gasteiger partial charge on any atom is 0.137 e. The molecule has 1 atom stereocenters. The summed E-state index contributed by atoms with van der Waals surface area (Å²) >= 11 is 6.68. The van der Waals surface area contributed by atoms with Gasteiger partial charge in [0.1, 0.15) is 11.6 Å². The summed E-state index contributed by atoms with van der Waals surface area (Å²) in [5.74, 6) is 0.513. The topological polar surface area (TPSA) is 21.3 Å². The summed E-state index contributed by atoms with van der Waals surface area (Å²) in [5.41, 5.74) is 1.93. The van der Waals surface area contributed by atoms with Gasteiger partial charge in [-0.3, -0.25) is 0 Å².